The lowest BCUT2D eigenvalue weighted by Gasteiger charge is -2.20. The minimum Gasteiger partial charge on any atom is -0.381 e. The summed E-state index contributed by atoms with van der Waals surface area (Å²) in [7, 11) is 0. The maximum Gasteiger partial charge on any atom is 0.229 e. The van der Waals surface area contributed by atoms with Crippen LogP contribution in [0, 0.1) is 5.92 Å². The number of carbonyl (C=O) groups is 1. The maximum atomic E-state index is 12.3. The summed E-state index contributed by atoms with van der Waals surface area (Å²) in [5, 5.41) is 13.4. The lowest BCUT2D eigenvalue weighted by atomic mass is 10.00. The van der Waals surface area contributed by atoms with Crippen LogP contribution in [0.1, 0.15) is 12.8 Å². The van der Waals surface area contributed by atoms with Crippen LogP contribution in [-0.4, -0.2) is 34.3 Å². The van der Waals surface area contributed by atoms with Gasteiger partial charge in [0.1, 0.15) is 0 Å². The third-order valence-electron chi connectivity index (χ3n) is 4.16. The van der Waals surface area contributed by atoms with Gasteiger partial charge in [0.25, 0.3) is 0 Å². The molecule has 2 aromatic heterocycles. The van der Waals surface area contributed by atoms with E-state index in [1.54, 1.807) is 18.6 Å². The SMILES string of the molecule is O=C(Nc1ncc(-c2ccc3cnncc3c2)s1)C1CCOCC1. The second-order valence-electron chi connectivity index (χ2n) is 5.74. The zero-order chi connectivity index (χ0) is 16.4. The third-order valence-corrected chi connectivity index (χ3v) is 5.12. The van der Waals surface area contributed by atoms with Crippen molar-refractivity contribution in [3.8, 4) is 10.4 Å². The molecule has 1 N–H and O–H groups in total. The third kappa shape index (κ3) is 3.13. The Balaban J connectivity index is 1.52. The van der Waals surface area contributed by atoms with Gasteiger partial charge >= 0.3 is 0 Å². The summed E-state index contributed by atoms with van der Waals surface area (Å²) in [5.74, 6) is 0.0540. The molecule has 122 valence electrons. The first-order valence-corrected chi connectivity index (χ1v) is 8.66. The van der Waals surface area contributed by atoms with Crippen LogP contribution < -0.4 is 5.32 Å². The Labute approximate surface area is 142 Å². The molecule has 1 aliphatic rings. The van der Waals surface area contributed by atoms with Crippen LogP contribution in [0.25, 0.3) is 21.2 Å². The maximum absolute atomic E-state index is 12.3. The van der Waals surface area contributed by atoms with Crippen LogP contribution in [0.5, 0.6) is 0 Å². The number of carbonyl (C=O) groups excluding carboxylic acids is 1. The minimum atomic E-state index is 0.0188. The summed E-state index contributed by atoms with van der Waals surface area (Å²) in [6.45, 7) is 1.31. The highest BCUT2D eigenvalue weighted by Gasteiger charge is 2.22. The van der Waals surface area contributed by atoms with Crippen LogP contribution in [-0.2, 0) is 9.53 Å². The molecule has 1 fully saturated rings. The van der Waals surface area contributed by atoms with Gasteiger partial charge in [-0.3, -0.25) is 4.79 Å². The highest BCUT2D eigenvalue weighted by molar-refractivity contribution is 7.19. The van der Waals surface area contributed by atoms with E-state index < -0.39 is 0 Å². The van der Waals surface area contributed by atoms with Crippen LogP contribution in [0.2, 0.25) is 0 Å². The summed E-state index contributed by atoms with van der Waals surface area (Å²) >= 11 is 1.48. The van der Waals surface area contributed by atoms with Gasteiger partial charge in [0.15, 0.2) is 5.13 Å². The Morgan fingerprint density at radius 3 is 2.75 bits per heavy atom. The van der Waals surface area contributed by atoms with Gasteiger partial charge in [-0.1, -0.05) is 23.5 Å². The average Bonchev–Trinajstić information content (AvgIpc) is 3.10. The topological polar surface area (TPSA) is 77.0 Å². The molecule has 3 aromatic rings. The van der Waals surface area contributed by atoms with Gasteiger partial charge in [-0.15, -0.1) is 0 Å². The zero-order valence-electron chi connectivity index (χ0n) is 12.9. The molecule has 4 rings (SSSR count). The second kappa shape index (κ2) is 6.62. The van der Waals surface area contributed by atoms with Crippen molar-refractivity contribution in [3.63, 3.8) is 0 Å². The second-order valence-corrected chi connectivity index (χ2v) is 6.77. The van der Waals surface area contributed by atoms with E-state index in [0.717, 1.165) is 34.1 Å². The molecular weight excluding hydrogens is 324 g/mol. The van der Waals surface area contributed by atoms with Crippen LogP contribution in [0.15, 0.2) is 36.8 Å². The minimum absolute atomic E-state index is 0.0188. The van der Waals surface area contributed by atoms with E-state index >= 15 is 0 Å². The number of fused-ring (bicyclic) bond motifs is 1. The molecule has 0 radical (unpaired) electrons. The van der Waals surface area contributed by atoms with Crippen molar-refractivity contribution in [2.75, 3.05) is 18.5 Å². The molecule has 0 atom stereocenters. The number of amides is 1. The summed E-state index contributed by atoms with van der Waals surface area (Å²) in [6, 6.07) is 6.10. The summed E-state index contributed by atoms with van der Waals surface area (Å²) < 4.78 is 5.29. The van der Waals surface area contributed by atoms with Gasteiger partial charge in [0.2, 0.25) is 5.91 Å². The van der Waals surface area contributed by atoms with Crippen molar-refractivity contribution < 1.29 is 9.53 Å². The summed E-state index contributed by atoms with van der Waals surface area (Å²) in [4.78, 5) is 17.6. The van der Waals surface area contributed by atoms with E-state index in [0.29, 0.717) is 18.3 Å². The van der Waals surface area contributed by atoms with Crippen LogP contribution in [0.4, 0.5) is 5.13 Å². The number of aromatic nitrogens is 3. The van der Waals surface area contributed by atoms with Gasteiger partial charge < -0.3 is 10.1 Å². The lowest BCUT2D eigenvalue weighted by Crippen LogP contribution is -2.28. The molecule has 1 saturated heterocycles. The van der Waals surface area contributed by atoms with Gasteiger partial charge in [-0.05, 0) is 24.5 Å². The van der Waals surface area contributed by atoms with Gasteiger partial charge in [0, 0.05) is 36.1 Å². The fourth-order valence-corrected chi connectivity index (χ4v) is 3.60. The highest BCUT2D eigenvalue weighted by atomic mass is 32.1. The van der Waals surface area contributed by atoms with Gasteiger partial charge in [-0.2, -0.15) is 10.2 Å². The van der Waals surface area contributed by atoms with Crippen molar-refractivity contribution in [3.05, 3.63) is 36.8 Å². The molecule has 1 amide bonds. The number of nitrogens with one attached hydrogen (secondary N) is 1. The molecule has 7 heteroatoms. The van der Waals surface area contributed by atoms with Gasteiger partial charge in [0.05, 0.1) is 17.3 Å². The first kappa shape index (κ1) is 15.2. The molecular formula is C17H16N4O2S. The predicted octanol–water partition coefficient (Wildman–Crippen LogP) is 3.12. The number of hydrogen-bond donors (Lipinski definition) is 1. The van der Waals surface area contributed by atoms with Crippen molar-refractivity contribution in [1.29, 1.82) is 0 Å². The highest BCUT2D eigenvalue weighted by Crippen LogP contribution is 2.31. The van der Waals surface area contributed by atoms with Crippen molar-refractivity contribution >= 4 is 33.1 Å². The van der Waals surface area contributed by atoms with Crippen molar-refractivity contribution in [1.82, 2.24) is 15.2 Å². The predicted molar refractivity (Wildman–Crippen MR) is 92.8 cm³/mol. The van der Waals surface area contributed by atoms with E-state index in [2.05, 4.69) is 26.6 Å². The Hall–Kier alpha value is -2.38. The van der Waals surface area contributed by atoms with Crippen LogP contribution >= 0.6 is 11.3 Å². The lowest BCUT2D eigenvalue weighted by molar-refractivity contribution is -0.122. The fraction of sp³-hybridized carbons (Fsp3) is 0.294. The number of thiazole rings is 1. The van der Waals surface area contributed by atoms with E-state index in [1.165, 1.54) is 11.3 Å². The Bertz CT molecular complexity index is 874. The molecule has 1 aromatic carbocycles. The number of benzene rings is 1. The van der Waals surface area contributed by atoms with Crippen molar-refractivity contribution in [2.24, 2.45) is 5.92 Å². The van der Waals surface area contributed by atoms with E-state index in [9.17, 15) is 4.79 Å². The Morgan fingerprint density at radius 2 is 1.92 bits per heavy atom. The molecule has 6 nitrogen and oxygen atoms in total. The Morgan fingerprint density at radius 1 is 1.12 bits per heavy atom. The molecule has 0 unspecified atom stereocenters. The fourth-order valence-electron chi connectivity index (χ4n) is 2.78. The summed E-state index contributed by atoms with van der Waals surface area (Å²) in [6.07, 6.45) is 6.82. The number of nitrogens with zero attached hydrogens (tertiary/aromatic N) is 3. The molecule has 0 spiro atoms. The molecule has 1 aliphatic heterocycles. The zero-order valence-corrected chi connectivity index (χ0v) is 13.8. The average molecular weight is 340 g/mol. The number of rotatable bonds is 3. The molecule has 0 bridgehead atoms. The largest absolute Gasteiger partial charge is 0.381 e. The number of hydrogen-bond acceptors (Lipinski definition) is 6. The van der Waals surface area contributed by atoms with E-state index in [1.807, 2.05) is 12.1 Å². The molecule has 24 heavy (non-hydrogen) atoms. The van der Waals surface area contributed by atoms with Gasteiger partial charge in [-0.25, -0.2) is 4.98 Å². The normalized spacial score (nSPS) is 15.5. The quantitative estimate of drug-likeness (QED) is 0.793. The van der Waals surface area contributed by atoms with Crippen LogP contribution in [0.3, 0.4) is 0 Å². The standard InChI is InChI=1S/C17H16N4O2S/c22-16(11-3-5-23-6-4-11)21-17-18-10-15(24-17)12-1-2-13-8-19-20-9-14(13)7-12/h1-2,7-11H,3-6H2,(H,18,21,22). The van der Waals surface area contributed by atoms with E-state index in [4.69, 9.17) is 4.74 Å². The summed E-state index contributed by atoms with van der Waals surface area (Å²) in [5.41, 5.74) is 1.06. The number of ether oxygens (including phenoxy) is 1. The smallest absolute Gasteiger partial charge is 0.229 e. The first-order chi connectivity index (χ1) is 11.8. The number of anilines is 1. The molecule has 3 heterocycles. The van der Waals surface area contributed by atoms with Crippen molar-refractivity contribution in [2.45, 2.75) is 12.8 Å². The molecule has 0 aliphatic carbocycles. The first-order valence-electron chi connectivity index (χ1n) is 7.85. The molecule has 0 saturated carbocycles. The Kier molecular flexibility index (Phi) is 4.18. The van der Waals surface area contributed by atoms with E-state index in [-0.39, 0.29) is 11.8 Å². The monoisotopic (exact) mass is 340 g/mol.